The number of ether oxygens (including phenoxy) is 3. The average molecular weight is 544 g/mol. The first-order valence-electron chi connectivity index (χ1n) is 12.0. The van der Waals surface area contributed by atoms with Crippen LogP contribution in [-0.4, -0.2) is 33.3 Å². The quantitative estimate of drug-likeness (QED) is 0.176. The van der Waals surface area contributed by atoms with Gasteiger partial charge in [0, 0.05) is 17.3 Å². The summed E-state index contributed by atoms with van der Waals surface area (Å²) in [6, 6.07) is 16.7. The molecular weight excluding hydrogens is 515 g/mol. The van der Waals surface area contributed by atoms with E-state index in [-0.39, 0.29) is 18.4 Å². The number of rotatable bonds is 9. The Morgan fingerprint density at radius 1 is 1.03 bits per heavy atom. The maximum absolute atomic E-state index is 13.8. The van der Waals surface area contributed by atoms with Crippen LogP contribution in [-0.2, 0) is 10.9 Å². The van der Waals surface area contributed by atoms with Gasteiger partial charge < -0.3 is 19.5 Å². The van der Waals surface area contributed by atoms with Gasteiger partial charge in [0.15, 0.2) is 0 Å². The maximum atomic E-state index is 13.8. The largest absolute Gasteiger partial charge is 0.497 e. The summed E-state index contributed by atoms with van der Waals surface area (Å²) >= 11 is 1.21. The zero-order valence-electron chi connectivity index (χ0n) is 21.4. The molecular formula is C29H28F3NO4S. The predicted octanol–water partition coefficient (Wildman–Crippen LogP) is 7.42. The van der Waals surface area contributed by atoms with Gasteiger partial charge in [-0.15, -0.1) is 11.3 Å². The molecule has 4 rings (SSSR count). The summed E-state index contributed by atoms with van der Waals surface area (Å²) < 4.78 is 58.0. The third-order valence-corrected chi connectivity index (χ3v) is 7.62. The highest BCUT2D eigenvalue weighted by molar-refractivity contribution is 7.21. The molecule has 0 bridgehead atoms. The Hall–Kier alpha value is -3.56. The van der Waals surface area contributed by atoms with Crippen molar-refractivity contribution in [3.8, 4) is 22.6 Å². The Kier molecular flexibility index (Phi) is 8.28. The van der Waals surface area contributed by atoms with Gasteiger partial charge in [-0.2, -0.15) is 13.2 Å². The molecule has 0 spiro atoms. The van der Waals surface area contributed by atoms with Crippen molar-refractivity contribution in [2.45, 2.75) is 26.1 Å². The van der Waals surface area contributed by atoms with Crippen LogP contribution in [0.5, 0.6) is 11.5 Å². The van der Waals surface area contributed by atoms with Crippen molar-refractivity contribution in [1.82, 2.24) is 5.32 Å². The second kappa shape index (κ2) is 11.4. The van der Waals surface area contributed by atoms with Crippen molar-refractivity contribution in [2.24, 2.45) is 0 Å². The second-order valence-electron chi connectivity index (χ2n) is 8.77. The molecule has 1 heterocycles. The minimum Gasteiger partial charge on any atom is -0.497 e. The smallest absolute Gasteiger partial charge is 0.416 e. The lowest BCUT2D eigenvalue weighted by atomic mass is 10.00. The number of carbonyl (C=O) groups excluding carboxylic acids is 1. The number of halogens is 3. The minimum absolute atomic E-state index is 0.00514. The van der Waals surface area contributed by atoms with Gasteiger partial charge in [-0.3, -0.25) is 0 Å². The van der Waals surface area contributed by atoms with E-state index in [4.69, 9.17) is 14.2 Å². The fourth-order valence-corrected chi connectivity index (χ4v) is 5.49. The Morgan fingerprint density at radius 2 is 1.79 bits per heavy atom. The number of hydrogen-bond acceptors (Lipinski definition) is 6. The lowest BCUT2D eigenvalue weighted by Gasteiger charge is -2.17. The molecule has 9 heteroatoms. The van der Waals surface area contributed by atoms with Gasteiger partial charge in [0.2, 0.25) is 0 Å². The zero-order chi connectivity index (χ0) is 27.4. The van der Waals surface area contributed by atoms with Crippen LogP contribution in [0, 0.1) is 6.92 Å². The number of esters is 1. The number of aryl methyl sites for hydroxylation is 1. The van der Waals surface area contributed by atoms with Gasteiger partial charge >= 0.3 is 12.1 Å². The third-order valence-electron chi connectivity index (χ3n) is 6.29. The van der Waals surface area contributed by atoms with Gasteiger partial charge in [-0.25, -0.2) is 4.79 Å². The van der Waals surface area contributed by atoms with Crippen LogP contribution >= 0.6 is 11.3 Å². The Morgan fingerprint density at radius 3 is 2.50 bits per heavy atom. The maximum Gasteiger partial charge on any atom is 0.416 e. The Balaban J connectivity index is 1.58. The molecule has 0 unspecified atom stereocenters. The van der Waals surface area contributed by atoms with Crippen molar-refractivity contribution < 1.29 is 32.2 Å². The number of carbonyl (C=O) groups is 1. The number of nitrogens with one attached hydrogen (secondary N) is 1. The van der Waals surface area contributed by atoms with Crippen LogP contribution in [0.15, 0.2) is 60.7 Å². The van der Waals surface area contributed by atoms with E-state index >= 15 is 0 Å². The number of benzene rings is 3. The standard InChI is InChI=1S/C29H28F3NO4S/c1-17-24-9-6-10-25(27(24)38-26(17)28(34)36-4)20-13-21(29(30,31)32)16-23(15-20)37-12-11-33-18(2)19-7-5-8-22(14-19)35-3/h5-10,13-16,18,33H,11-12H2,1-4H3/t18-/m1/s1. The van der Waals surface area contributed by atoms with Crippen LogP contribution in [0.4, 0.5) is 13.2 Å². The SMILES string of the molecule is COC(=O)c1sc2c(-c3cc(OCCN[C@H](C)c4cccc(OC)c4)cc(C(F)(F)F)c3)cccc2c1C. The zero-order valence-corrected chi connectivity index (χ0v) is 22.3. The lowest BCUT2D eigenvalue weighted by molar-refractivity contribution is -0.137. The summed E-state index contributed by atoms with van der Waals surface area (Å²) in [5.74, 6) is 0.390. The fourth-order valence-electron chi connectivity index (χ4n) is 4.23. The first kappa shape index (κ1) is 27.5. The number of hydrogen-bond donors (Lipinski definition) is 1. The number of thiophene rings is 1. The van der Waals surface area contributed by atoms with Crippen LogP contribution in [0.2, 0.25) is 0 Å². The Bertz CT molecular complexity index is 1450. The van der Waals surface area contributed by atoms with E-state index in [1.807, 2.05) is 37.3 Å². The van der Waals surface area contributed by atoms with E-state index < -0.39 is 17.7 Å². The predicted molar refractivity (Wildman–Crippen MR) is 143 cm³/mol. The molecule has 0 aliphatic heterocycles. The summed E-state index contributed by atoms with van der Waals surface area (Å²) in [4.78, 5) is 12.6. The molecule has 3 aromatic carbocycles. The molecule has 0 amide bonds. The Labute approximate surface area is 223 Å². The van der Waals surface area contributed by atoms with E-state index in [9.17, 15) is 18.0 Å². The highest BCUT2D eigenvalue weighted by atomic mass is 32.1. The molecule has 0 saturated heterocycles. The molecule has 0 fully saturated rings. The molecule has 4 aromatic rings. The number of methoxy groups -OCH3 is 2. The number of alkyl halides is 3. The monoisotopic (exact) mass is 543 g/mol. The summed E-state index contributed by atoms with van der Waals surface area (Å²) in [5.41, 5.74) is 1.90. The van der Waals surface area contributed by atoms with Crippen molar-refractivity contribution in [3.63, 3.8) is 0 Å². The van der Waals surface area contributed by atoms with E-state index in [2.05, 4.69) is 5.32 Å². The van der Waals surface area contributed by atoms with E-state index in [0.717, 1.165) is 34.4 Å². The molecule has 1 N–H and O–H groups in total. The lowest BCUT2D eigenvalue weighted by Crippen LogP contribution is -2.24. The van der Waals surface area contributed by atoms with Gasteiger partial charge in [0.25, 0.3) is 0 Å². The molecule has 38 heavy (non-hydrogen) atoms. The normalized spacial score (nSPS) is 12.4. The van der Waals surface area contributed by atoms with Crippen LogP contribution in [0.25, 0.3) is 21.2 Å². The summed E-state index contributed by atoms with van der Waals surface area (Å²) in [6.07, 6.45) is -4.55. The molecule has 5 nitrogen and oxygen atoms in total. The molecule has 1 aromatic heterocycles. The van der Waals surface area contributed by atoms with Crippen LogP contribution < -0.4 is 14.8 Å². The molecule has 0 saturated carbocycles. The topological polar surface area (TPSA) is 56.8 Å². The highest BCUT2D eigenvalue weighted by Gasteiger charge is 2.32. The highest BCUT2D eigenvalue weighted by Crippen LogP contribution is 2.41. The molecule has 0 aliphatic carbocycles. The average Bonchev–Trinajstić information content (AvgIpc) is 3.26. The summed E-state index contributed by atoms with van der Waals surface area (Å²) in [7, 11) is 2.91. The minimum atomic E-state index is -4.55. The summed E-state index contributed by atoms with van der Waals surface area (Å²) in [5, 5.41) is 4.11. The van der Waals surface area contributed by atoms with Gasteiger partial charge in [0.05, 0.1) is 19.8 Å². The van der Waals surface area contributed by atoms with E-state index in [0.29, 0.717) is 27.2 Å². The van der Waals surface area contributed by atoms with Crippen LogP contribution in [0.1, 0.15) is 39.3 Å². The number of fused-ring (bicyclic) bond motifs is 1. The summed E-state index contributed by atoms with van der Waals surface area (Å²) in [6.45, 7) is 4.38. The van der Waals surface area contributed by atoms with Gasteiger partial charge in [0.1, 0.15) is 23.0 Å². The third kappa shape index (κ3) is 5.95. The van der Waals surface area contributed by atoms with E-state index in [1.54, 1.807) is 32.2 Å². The first-order valence-corrected chi connectivity index (χ1v) is 12.8. The van der Waals surface area contributed by atoms with Crippen molar-refractivity contribution in [3.05, 3.63) is 82.2 Å². The molecule has 0 aliphatic rings. The van der Waals surface area contributed by atoms with E-state index in [1.165, 1.54) is 18.4 Å². The van der Waals surface area contributed by atoms with Crippen LogP contribution in [0.3, 0.4) is 0 Å². The van der Waals surface area contributed by atoms with Crippen molar-refractivity contribution in [1.29, 1.82) is 0 Å². The second-order valence-corrected chi connectivity index (χ2v) is 9.80. The van der Waals surface area contributed by atoms with Crippen molar-refractivity contribution >= 4 is 27.4 Å². The van der Waals surface area contributed by atoms with Crippen molar-refractivity contribution in [2.75, 3.05) is 27.4 Å². The fraction of sp³-hybridized carbons (Fsp3) is 0.276. The molecule has 200 valence electrons. The van der Waals surface area contributed by atoms with Gasteiger partial charge in [-0.05, 0) is 71.8 Å². The first-order chi connectivity index (χ1) is 18.1. The van der Waals surface area contributed by atoms with Gasteiger partial charge in [-0.1, -0.05) is 30.3 Å². The molecule has 0 radical (unpaired) electrons. The molecule has 1 atom stereocenters.